The van der Waals surface area contributed by atoms with Crippen LogP contribution in [0, 0.1) is 0 Å². The van der Waals surface area contributed by atoms with Crippen LogP contribution in [0.5, 0.6) is 0 Å². The van der Waals surface area contributed by atoms with Crippen molar-refractivity contribution in [2.45, 2.75) is 33.1 Å². The molecule has 0 aliphatic carbocycles. The number of hydrogen-bond acceptors (Lipinski definition) is 1. The molecule has 0 saturated heterocycles. The van der Waals surface area contributed by atoms with Gasteiger partial charge in [0.25, 0.3) is 0 Å². The molecule has 0 bridgehead atoms. The fourth-order valence-electron chi connectivity index (χ4n) is 1.08. The van der Waals surface area contributed by atoms with Gasteiger partial charge in [0.05, 0.1) is 0 Å². The minimum Gasteiger partial charge on any atom is -0.384 e. The Labute approximate surface area is 76.1 Å². The van der Waals surface area contributed by atoms with Crippen LogP contribution in [0.2, 0.25) is 0 Å². The Balaban J connectivity index is 3.84. The van der Waals surface area contributed by atoms with Crippen molar-refractivity contribution in [3.8, 4) is 0 Å². The molecule has 70 valence electrons. The first kappa shape index (κ1) is 11.4. The molecule has 0 saturated carbocycles. The van der Waals surface area contributed by atoms with E-state index < -0.39 is 0 Å². The van der Waals surface area contributed by atoms with Gasteiger partial charge >= 0.3 is 0 Å². The molecule has 12 heavy (non-hydrogen) atoms. The van der Waals surface area contributed by atoms with E-state index in [1.807, 2.05) is 6.92 Å². The van der Waals surface area contributed by atoms with Crippen LogP contribution in [-0.2, 0) is 4.74 Å². The zero-order valence-corrected chi connectivity index (χ0v) is 8.47. The van der Waals surface area contributed by atoms with Crippen molar-refractivity contribution < 1.29 is 4.74 Å². The van der Waals surface area contributed by atoms with Crippen LogP contribution in [0.3, 0.4) is 0 Å². The number of ether oxygens (including phenoxy) is 1. The molecule has 0 N–H and O–H groups in total. The number of rotatable bonds is 6. The van der Waals surface area contributed by atoms with E-state index in [4.69, 9.17) is 4.74 Å². The Kier molecular flexibility index (Phi) is 8.14. The highest BCUT2D eigenvalue weighted by molar-refractivity contribution is 5.11. The summed E-state index contributed by atoms with van der Waals surface area (Å²) < 4.78 is 5.03. The number of methoxy groups -OCH3 is 1. The molecule has 0 aromatic rings. The minimum atomic E-state index is 0.837. The van der Waals surface area contributed by atoms with Gasteiger partial charge in [0.2, 0.25) is 0 Å². The van der Waals surface area contributed by atoms with Gasteiger partial charge in [-0.05, 0) is 19.8 Å². The molecule has 0 radical (unpaired) electrons. The zero-order valence-electron chi connectivity index (χ0n) is 8.47. The molecular weight excluding hydrogens is 148 g/mol. The quantitative estimate of drug-likeness (QED) is 0.553. The average molecular weight is 168 g/mol. The summed E-state index contributed by atoms with van der Waals surface area (Å²) in [4.78, 5) is 0. The van der Waals surface area contributed by atoms with Crippen LogP contribution in [-0.4, -0.2) is 13.7 Å². The first-order valence-electron chi connectivity index (χ1n) is 4.64. The number of allylic oxidation sites excluding steroid dienone is 3. The van der Waals surface area contributed by atoms with E-state index in [0.29, 0.717) is 0 Å². The second-order valence-electron chi connectivity index (χ2n) is 2.84. The molecule has 0 atom stereocenters. The minimum absolute atomic E-state index is 0.837. The fraction of sp³-hybridized carbons (Fsp3) is 0.636. The Morgan fingerprint density at radius 3 is 2.58 bits per heavy atom. The Bertz CT molecular complexity index is 145. The summed E-state index contributed by atoms with van der Waals surface area (Å²) >= 11 is 0. The molecule has 0 rings (SSSR count). The van der Waals surface area contributed by atoms with E-state index in [9.17, 15) is 0 Å². The molecule has 0 heterocycles. The SMILES string of the molecule is C/C=C\C=C(/CCC)CCOC. The largest absolute Gasteiger partial charge is 0.384 e. The van der Waals surface area contributed by atoms with Crippen molar-refractivity contribution in [1.29, 1.82) is 0 Å². The first-order valence-corrected chi connectivity index (χ1v) is 4.64. The van der Waals surface area contributed by atoms with Crippen LogP contribution in [0.15, 0.2) is 23.8 Å². The summed E-state index contributed by atoms with van der Waals surface area (Å²) in [6.45, 7) is 5.08. The molecule has 0 spiro atoms. The van der Waals surface area contributed by atoms with Crippen molar-refractivity contribution in [2.24, 2.45) is 0 Å². The van der Waals surface area contributed by atoms with Crippen LogP contribution in [0.25, 0.3) is 0 Å². The lowest BCUT2D eigenvalue weighted by Gasteiger charge is -2.03. The molecule has 1 heteroatoms. The number of hydrogen-bond donors (Lipinski definition) is 0. The highest BCUT2D eigenvalue weighted by atomic mass is 16.5. The Hall–Kier alpha value is -0.560. The molecule has 0 aliphatic heterocycles. The van der Waals surface area contributed by atoms with Crippen molar-refractivity contribution in [3.63, 3.8) is 0 Å². The van der Waals surface area contributed by atoms with Gasteiger partial charge in [-0.2, -0.15) is 0 Å². The smallest absolute Gasteiger partial charge is 0.0499 e. The van der Waals surface area contributed by atoms with Gasteiger partial charge in [-0.1, -0.05) is 37.1 Å². The third-order valence-corrected chi connectivity index (χ3v) is 1.72. The normalized spacial score (nSPS) is 12.8. The van der Waals surface area contributed by atoms with E-state index in [0.717, 1.165) is 13.0 Å². The molecule has 0 unspecified atom stereocenters. The van der Waals surface area contributed by atoms with Crippen LogP contribution in [0.4, 0.5) is 0 Å². The fourth-order valence-corrected chi connectivity index (χ4v) is 1.08. The lowest BCUT2D eigenvalue weighted by molar-refractivity contribution is 0.201. The van der Waals surface area contributed by atoms with Crippen molar-refractivity contribution in [3.05, 3.63) is 23.8 Å². The zero-order chi connectivity index (χ0) is 9.23. The second kappa shape index (κ2) is 8.54. The maximum Gasteiger partial charge on any atom is 0.0499 e. The molecule has 0 amide bonds. The molecule has 0 aromatic heterocycles. The predicted molar refractivity (Wildman–Crippen MR) is 54.3 cm³/mol. The van der Waals surface area contributed by atoms with Crippen molar-refractivity contribution in [2.75, 3.05) is 13.7 Å². The maximum absolute atomic E-state index is 5.03. The van der Waals surface area contributed by atoms with E-state index in [-0.39, 0.29) is 0 Å². The van der Waals surface area contributed by atoms with Gasteiger partial charge in [0, 0.05) is 13.7 Å². The first-order chi connectivity index (χ1) is 5.85. The summed E-state index contributed by atoms with van der Waals surface area (Å²) in [6.07, 6.45) is 9.82. The highest BCUT2D eigenvalue weighted by Gasteiger charge is 1.93. The summed E-state index contributed by atoms with van der Waals surface area (Å²) in [7, 11) is 1.75. The van der Waals surface area contributed by atoms with Gasteiger partial charge in [-0.25, -0.2) is 0 Å². The molecular formula is C11H20O. The molecule has 0 fully saturated rings. The lowest BCUT2D eigenvalue weighted by Crippen LogP contribution is -1.91. The van der Waals surface area contributed by atoms with Gasteiger partial charge in [0.1, 0.15) is 0 Å². The third-order valence-electron chi connectivity index (χ3n) is 1.72. The van der Waals surface area contributed by atoms with E-state index in [1.165, 1.54) is 18.4 Å². The molecule has 0 aliphatic rings. The second-order valence-corrected chi connectivity index (χ2v) is 2.84. The van der Waals surface area contributed by atoms with Crippen molar-refractivity contribution in [1.82, 2.24) is 0 Å². The van der Waals surface area contributed by atoms with E-state index >= 15 is 0 Å². The molecule has 1 nitrogen and oxygen atoms in total. The Morgan fingerprint density at radius 2 is 2.08 bits per heavy atom. The average Bonchev–Trinajstić information content (AvgIpc) is 2.10. The summed E-state index contributed by atoms with van der Waals surface area (Å²) in [6, 6.07) is 0. The standard InChI is InChI=1S/C11H20O/c1-4-6-8-11(7-5-2)9-10-12-3/h4,6,8H,5,7,9-10H2,1-3H3/b6-4-,11-8+. The van der Waals surface area contributed by atoms with Gasteiger partial charge < -0.3 is 4.74 Å². The van der Waals surface area contributed by atoms with Crippen molar-refractivity contribution >= 4 is 0 Å². The molecule has 0 aromatic carbocycles. The predicted octanol–water partition coefficient (Wildman–Crippen LogP) is 3.33. The summed E-state index contributed by atoms with van der Waals surface area (Å²) in [5.41, 5.74) is 1.48. The Morgan fingerprint density at radius 1 is 1.33 bits per heavy atom. The highest BCUT2D eigenvalue weighted by Crippen LogP contribution is 2.09. The van der Waals surface area contributed by atoms with Gasteiger partial charge in [0.15, 0.2) is 0 Å². The van der Waals surface area contributed by atoms with Crippen LogP contribution >= 0.6 is 0 Å². The third kappa shape index (κ3) is 6.17. The van der Waals surface area contributed by atoms with Crippen LogP contribution < -0.4 is 0 Å². The van der Waals surface area contributed by atoms with Gasteiger partial charge in [-0.15, -0.1) is 0 Å². The monoisotopic (exact) mass is 168 g/mol. The topological polar surface area (TPSA) is 9.23 Å². The summed E-state index contributed by atoms with van der Waals surface area (Å²) in [5.74, 6) is 0. The van der Waals surface area contributed by atoms with Crippen LogP contribution in [0.1, 0.15) is 33.1 Å². The van der Waals surface area contributed by atoms with E-state index in [2.05, 4.69) is 25.2 Å². The lowest BCUT2D eigenvalue weighted by atomic mass is 10.1. The summed E-state index contributed by atoms with van der Waals surface area (Å²) in [5, 5.41) is 0. The van der Waals surface area contributed by atoms with Gasteiger partial charge in [-0.3, -0.25) is 0 Å². The maximum atomic E-state index is 5.03. The van der Waals surface area contributed by atoms with E-state index in [1.54, 1.807) is 7.11 Å².